The van der Waals surface area contributed by atoms with Gasteiger partial charge in [-0.2, -0.15) is 0 Å². The van der Waals surface area contributed by atoms with Crippen LogP contribution in [0.25, 0.3) is 0 Å². The van der Waals surface area contributed by atoms with Crippen molar-refractivity contribution >= 4 is 11.9 Å². The van der Waals surface area contributed by atoms with Crippen LogP contribution < -0.4 is 5.32 Å². The molecule has 0 radical (unpaired) electrons. The minimum absolute atomic E-state index is 0.00687. The first-order valence-corrected chi connectivity index (χ1v) is 26.2. The lowest BCUT2D eigenvalue weighted by molar-refractivity contribution is -0.150. The molecule has 0 heterocycles. The highest BCUT2D eigenvalue weighted by Crippen LogP contribution is 2.16. The lowest BCUT2D eigenvalue weighted by Gasteiger charge is -2.24. The average Bonchev–Trinajstić information content (AvgIpc) is 3.26. The van der Waals surface area contributed by atoms with Crippen molar-refractivity contribution in [2.75, 3.05) is 6.61 Å². The summed E-state index contributed by atoms with van der Waals surface area (Å²) in [6.45, 7) is 6.40. The van der Waals surface area contributed by atoms with Crippen LogP contribution in [-0.4, -0.2) is 46.9 Å². The predicted octanol–water partition coefficient (Wildman–Crippen LogP) is 15.8. The Morgan fingerprint density at radius 3 is 1.42 bits per heavy atom. The summed E-state index contributed by atoms with van der Waals surface area (Å²) in [6.07, 6.45) is 62.6. The van der Waals surface area contributed by atoms with Crippen LogP contribution in [0, 0.1) is 0 Å². The van der Waals surface area contributed by atoms with E-state index in [0.717, 1.165) is 77.0 Å². The SMILES string of the molecule is CCCCC/C=C\C/C=C\C/C=C\C/C=C\CC(CC(=O)NC(CO)C(O)CCCCCCCCCCCC)OC(=O)CCCCCCC/C=C/C=C/CCCCCCCCC. The van der Waals surface area contributed by atoms with Gasteiger partial charge < -0.3 is 20.3 Å². The summed E-state index contributed by atoms with van der Waals surface area (Å²) in [4.78, 5) is 26.1. The molecule has 0 rings (SSSR count). The Morgan fingerprint density at radius 1 is 0.500 bits per heavy atom. The Labute approximate surface area is 383 Å². The van der Waals surface area contributed by atoms with E-state index in [2.05, 4.69) is 86.8 Å². The number of unbranched alkanes of at least 4 members (excludes halogenated alkanes) is 24. The first kappa shape index (κ1) is 59.3. The highest BCUT2D eigenvalue weighted by molar-refractivity contribution is 5.77. The van der Waals surface area contributed by atoms with Gasteiger partial charge in [0.15, 0.2) is 0 Å². The molecule has 0 aromatic rings. The van der Waals surface area contributed by atoms with Gasteiger partial charge in [-0.1, -0.05) is 229 Å². The van der Waals surface area contributed by atoms with E-state index in [9.17, 15) is 19.8 Å². The maximum absolute atomic E-state index is 13.2. The van der Waals surface area contributed by atoms with Crippen molar-refractivity contribution in [2.45, 2.75) is 264 Å². The Balaban J connectivity index is 4.72. The summed E-state index contributed by atoms with van der Waals surface area (Å²) < 4.78 is 5.86. The molecule has 0 bridgehead atoms. The van der Waals surface area contributed by atoms with Crippen LogP contribution in [0.5, 0.6) is 0 Å². The molecule has 3 atom stereocenters. The molecule has 0 saturated carbocycles. The van der Waals surface area contributed by atoms with E-state index in [1.165, 1.54) is 122 Å². The first-order chi connectivity index (χ1) is 30.5. The lowest BCUT2D eigenvalue weighted by atomic mass is 10.0. The molecular weight excluding hydrogens is 767 g/mol. The fourth-order valence-corrected chi connectivity index (χ4v) is 7.52. The Kier molecular flexibility index (Phi) is 47.2. The number of rotatable bonds is 46. The predicted molar refractivity (Wildman–Crippen MR) is 268 cm³/mol. The minimum atomic E-state index is -0.815. The standard InChI is InChI=1S/C56H99NO5/c1-4-7-10-13-16-19-22-24-26-27-28-30-32-34-37-40-43-46-49-56(61)62-52(47-44-41-38-35-33-31-29-25-23-20-17-14-11-8-5-2)50-55(60)57-53(51-58)54(59)48-45-42-39-36-21-18-15-12-9-6-3/h17,20,25-30,33,35,41,44,52-54,58-59H,4-16,18-19,21-24,31-32,34,36-40,42-43,45-51H2,1-3H3,(H,57,60)/b20-17-,27-26+,29-25-,30-28+,35-33-,44-41-. The van der Waals surface area contributed by atoms with Crippen LogP contribution in [0.15, 0.2) is 72.9 Å². The second kappa shape index (κ2) is 49.3. The van der Waals surface area contributed by atoms with Gasteiger partial charge in [-0.3, -0.25) is 9.59 Å². The third-order valence-corrected chi connectivity index (χ3v) is 11.5. The fourth-order valence-electron chi connectivity index (χ4n) is 7.52. The number of hydrogen-bond donors (Lipinski definition) is 3. The van der Waals surface area contributed by atoms with E-state index in [0.29, 0.717) is 19.3 Å². The minimum Gasteiger partial charge on any atom is -0.461 e. The largest absolute Gasteiger partial charge is 0.461 e. The second-order valence-corrected chi connectivity index (χ2v) is 17.6. The Hall–Kier alpha value is -2.70. The number of carbonyl (C=O) groups excluding carboxylic acids is 2. The molecule has 6 nitrogen and oxygen atoms in total. The molecule has 0 aromatic heterocycles. The van der Waals surface area contributed by atoms with Gasteiger partial charge in [-0.05, 0) is 70.6 Å². The van der Waals surface area contributed by atoms with Gasteiger partial charge in [0.05, 0.1) is 25.2 Å². The van der Waals surface area contributed by atoms with E-state index in [1.54, 1.807) is 0 Å². The molecule has 358 valence electrons. The molecule has 62 heavy (non-hydrogen) atoms. The quantitative estimate of drug-likeness (QED) is 0.0245. The van der Waals surface area contributed by atoms with Gasteiger partial charge >= 0.3 is 5.97 Å². The molecule has 0 aromatic carbocycles. The van der Waals surface area contributed by atoms with Crippen molar-refractivity contribution in [1.29, 1.82) is 0 Å². The topological polar surface area (TPSA) is 95.9 Å². The van der Waals surface area contributed by atoms with Crippen molar-refractivity contribution in [3.8, 4) is 0 Å². The summed E-state index contributed by atoms with van der Waals surface area (Å²) in [6, 6.07) is -0.736. The number of allylic oxidation sites excluding steroid dienone is 11. The van der Waals surface area contributed by atoms with E-state index in [4.69, 9.17) is 4.74 Å². The van der Waals surface area contributed by atoms with Crippen LogP contribution in [-0.2, 0) is 14.3 Å². The molecule has 0 saturated heterocycles. The molecule has 0 aliphatic carbocycles. The van der Waals surface area contributed by atoms with Crippen molar-refractivity contribution in [1.82, 2.24) is 5.32 Å². The molecule has 0 aliphatic heterocycles. The number of amides is 1. The highest BCUT2D eigenvalue weighted by atomic mass is 16.5. The third-order valence-electron chi connectivity index (χ3n) is 11.5. The summed E-state index contributed by atoms with van der Waals surface area (Å²) in [5.41, 5.74) is 0. The number of aliphatic hydroxyl groups is 2. The van der Waals surface area contributed by atoms with Crippen molar-refractivity contribution < 1.29 is 24.5 Å². The van der Waals surface area contributed by atoms with Gasteiger partial charge in [0, 0.05) is 12.8 Å². The summed E-state index contributed by atoms with van der Waals surface area (Å²) in [5.74, 6) is -0.595. The number of esters is 1. The zero-order chi connectivity index (χ0) is 45.2. The number of aliphatic hydroxyl groups excluding tert-OH is 2. The Morgan fingerprint density at radius 2 is 0.903 bits per heavy atom. The first-order valence-electron chi connectivity index (χ1n) is 26.2. The van der Waals surface area contributed by atoms with E-state index < -0.39 is 18.2 Å². The van der Waals surface area contributed by atoms with Crippen molar-refractivity contribution in [3.63, 3.8) is 0 Å². The van der Waals surface area contributed by atoms with Crippen LogP contribution in [0.4, 0.5) is 0 Å². The van der Waals surface area contributed by atoms with Crippen molar-refractivity contribution in [3.05, 3.63) is 72.9 Å². The van der Waals surface area contributed by atoms with Crippen LogP contribution in [0.2, 0.25) is 0 Å². The normalized spacial score (nSPS) is 13.8. The molecule has 1 amide bonds. The highest BCUT2D eigenvalue weighted by Gasteiger charge is 2.23. The van der Waals surface area contributed by atoms with Gasteiger partial charge in [0.25, 0.3) is 0 Å². The van der Waals surface area contributed by atoms with Gasteiger partial charge in [0.2, 0.25) is 5.91 Å². The zero-order valence-electron chi connectivity index (χ0n) is 40.7. The third kappa shape index (κ3) is 43.9. The van der Waals surface area contributed by atoms with Gasteiger partial charge in [-0.25, -0.2) is 0 Å². The van der Waals surface area contributed by atoms with Crippen LogP contribution >= 0.6 is 0 Å². The molecule has 0 aliphatic rings. The molecule has 6 heteroatoms. The maximum atomic E-state index is 13.2. The van der Waals surface area contributed by atoms with Gasteiger partial charge in [-0.15, -0.1) is 0 Å². The Bertz CT molecular complexity index is 1150. The summed E-state index contributed by atoms with van der Waals surface area (Å²) >= 11 is 0. The zero-order valence-corrected chi connectivity index (χ0v) is 40.7. The van der Waals surface area contributed by atoms with E-state index in [1.807, 2.05) is 12.2 Å². The van der Waals surface area contributed by atoms with Crippen LogP contribution in [0.3, 0.4) is 0 Å². The molecule has 3 unspecified atom stereocenters. The smallest absolute Gasteiger partial charge is 0.306 e. The fraction of sp³-hybridized carbons (Fsp3) is 0.750. The summed E-state index contributed by atoms with van der Waals surface area (Å²) in [7, 11) is 0. The molecule has 0 fully saturated rings. The molecular formula is C56H99NO5. The monoisotopic (exact) mass is 866 g/mol. The van der Waals surface area contributed by atoms with Gasteiger partial charge in [0.1, 0.15) is 6.10 Å². The molecule has 3 N–H and O–H groups in total. The number of ether oxygens (including phenoxy) is 1. The van der Waals surface area contributed by atoms with Crippen LogP contribution in [0.1, 0.15) is 245 Å². The lowest BCUT2D eigenvalue weighted by Crippen LogP contribution is -2.46. The summed E-state index contributed by atoms with van der Waals surface area (Å²) in [5, 5.41) is 23.7. The average molecular weight is 866 g/mol. The van der Waals surface area contributed by atoms with Crippen molar-refractivity contribution in [2.24, 2.45) is 0 Å². The number of carbonyl (C=O) groups is 2. The van der Waals surface area contributed by atoms with E-state index >= 15 is 0 Å². The number of hydrogen-bond acceptors (Lipinski definition) is 5. The number of nitrogens with one attached hydrogen (secondary N) is 1. The second-order valence-electron chi connectivity index (χ2n) is 17.6. The van der Waals surface area contributed by atoms with E-state index in [-0.39, 0.29) is 24.9 Å². The molecule has 0 spiro atoms. The maximum Gasteiger partial charge on any atom is 0.306 e.